The minimum atomic E-state index is -0.727. The molecule has 0 fully saturated rings. The van der Waals surface area contributed by atoms with E-state index in [0.29, 0.717) is 0 Å². The minimum Gasteiger partial charge on any atom is -0.481 e. The molecule has 1 aromatic carbocycles. The van der Waals surface area contributed by atoms with Crippen molar-refractivity contribution in [2.45, 2.75) is 57.8 Å². The van der Waals surface area contributed by atoms with Crippen LogP contribution in [0.2, 0.25) is 0 Å². The second kappa shape index (κ2) is 5.13. The van der Waals surface area contributed by atoms with E-state index in [-0.39, 0.29) is 11.8 Å². The van der Waals surface area contributed by atoms with Gasteiger partial charge in [0.15, 0.2) is 0 Å². The maximum absolute atomic E-state index is 10.9. The van der Waals surface area contributed by atoms with Gasteiger partial charge in [0.2, 0.25) is 0 Å². The maximum Gasteiger partial charge on any atom is 0.304 e. The van der Waals surface area contributed by atoms with Gasteiger partial charge in [0, 0.05) is 5.41 Å². The Kier molecular flexibility index (Phi) is 3.74. The lowest BCUT2D eigenvalue weighted by molar-refractivity contribution is -0.138. The zero-order valence-corrected chi connectivity index (χ0v) is 11.3. The van der Waals surface area contributed by atoms with Gasteiger partial charge >= 0.3 is 5.97 Å². The monoisotopic (exact) mass is 246 g/mol. The number of rotatable bonds is 3. The second-order valence-electron chi connectivity index (χ2n) is 6.00. The first-order valence-electron chi connectivity index (χ1n) is 6.83. The molecule has 0 aliphatic heterocycles. The van der Waals surface area contributed by atoms with Gasteiger partial charge in [-0.1, -0.05) is 38.5 Å². The van der Waals surface area contributed by atoms with Crippen molar-refractivity contribution >= 4 is 5.97 Å². The van der Waals surface area contributed by atoms with Crippen LogP contribution in [0.3, 0.4) is 0 Å². The minimum absolute atomic E-state index is 0.186. The fourth-order valence-electron chi connectivity index (χ4n) is 2.81. The Balaban J connectivity index is 2.30. The molecule has 1 aliphatic carbocycles. The number of hydrogen-bond acceptors (Lipinski definition) is 1. The van der Waals surface area contributed by atoms with E-state index in [4.69, 9.17) is 5.11 Å². The average Bonchev–Trinajstić information content (AvgIpc) is 2.51. The molecule has 0 spiro atoms. The third kappa shape index (κ3) is 2.92. The summed E-state index contributed by atoms with van der Waals surface area (Å²) in [7, 11) is 0. The third-order valence-corrected chi connectivity index (χ3v) is 3.97. The molecule has 0 heterocycles. The third-order valence-electron chi connectivity index (χ3n) is 3.97. The van der Waals surface area contributed by atoms with Crippen LogP contribution in [0.15, 0.2) is 18.2 Å². The summed E-state index contributed by atoms with van der Waals surface area (Å²) < 4.78 is 0. The summed E-state index contributed by atoms with van der Waals surface area (Å²) in [6, 6.07) is 6.57. The van der Waals surface area contributed by atoms with Crippen LogP contribution in [-0.4, -0.2) is 11.1 Å². The van der Waals surface area contributed by atoms with Crippen LogP contribution in [0.4, 0.5) is 0 Å². The summed E-state index contributed by atoms with van der Waals surface area (Å²) in [6.07, 6.45) is 6.36. The van der Waals surface area contributed by atoms with Gasteiger partial charge in [0.1, 0.15) is 0 Å². The molecular formula is C16H22O2. The normalized spacial score (nSPS) is 15.9. The standard InChI is InChI=1S/C16H22O2/c1-16(2,11-15(17)18)14-9-8-12-6-4-3-5-7-13(12)10-14/h8-10H,3-7,11H2,1-2H3,(H,17,18). The van der Waals surface area contributed by atoms with Gasteiger partial charge in [-0.25, -0.2) is 0 Å². The molecule has 2 heteroatoms. The summed E-state index contributed by atoms with van der Waals surface area (Å²) in [4.78, 5) is 10.9. The average molecular weight is 246 g/mol. The molecule has 2 nitrogen and oxygen atoms in total. The van der Waals surface area contributed by atoms with Crippen LogP contribution < -0.4 is 0 Å². The van der Waals surface area contributed by atoms with E-state index in [1.165, 1.54) is 36.8 Å². The molecule has 0 saturated heterocycles. The molecule has 1 N–H and O–H groups in total. The molecule has 0 amide bonds. The van der Waals surface area contributed by atoms with Crippen LogP contribution in [0.25, 0.3) is 0 Å². The van der Waals surface area contributed by atoms with E-state index < -0.39 is 5.97 Å². The van der Waals surface area contributed by atoms with Crippen LogP contribution in [-0.2, 0) is 23.1 Å². The molecule has 2 rings (SSSR count). The molecule has 18 heavy (non-hydrogen) atoms. The van der Waals surface area contributed by atoms with Crippen molar-refractivity contribution < 1.29 is 9.90 Å². The Hall–Kier alpha value is -1.31. The van der Waals surface area contributed by atoms with E-state index in [0.717, 1.165) is 12.0 Å². The van der Waals surface area contributed by atoms with Gasteiger partial charge in [0.25, 0.3) is 0 Å². The second-order valence-corrected chi connectivity index (χ2v) is 6.00. The molecule has 0 radical (unpaired) electrons. The summed E-state index contributed by atoms with van der Waals surface area (Å²) in [6.45, 7) is 4.03. The number of benzene rings is 1. The van der Waals surface area contributed by atoms with Gasteiger partial charge in [-0.3, -0.25) is 4.79 Å². The van der Waals surface area contributed by atoms with Crippen molar-refractivity contribution in [3.8, 4) is 0 Å². The number of fused-ring (bicyclic) bond motifs is 1. The van der Waals surface area contributed by atoms with E-state index >= 15 is 0 Å². The number of carboxylic acid groups (broad SMARTS) is 1. The quantitative estimate of drug-likeness (QED) is 0.825. The van der Waals surface area contributed by atoms with Crippen molar-refractivity contribution in [3.63, 3.8) is 0 Å². The van der Waals surface area contributed by atoms with Crippen molar-refractivity contribution in [2.24, 2.45) is 0 Å². The summed E-state index contributed by atoms with van der Waals surface area (Å²) in [5.41, 5.74) is 3.77. The topological polar surface area (TPSA) is 37.3 Å². The van der Waals surface area contributed by atoms with E-state index in [1.54, 1.807) is 0 Å². The Morgan fingerprint density at radius 3 is 2.50 bits per heavy atom. The fourth-order valence-corrected chi connectivity index (χ4v) is 2.81. The summed E-state index contributed by atoms with van der Waals surface area (Å²) in [5, 5.41) is 8.99. The molecule has 0 atom stereocenters. The number of aliphatic carboxylic acids is 1. The lowest BCUT2D eigenvalue weighted by atomic mass is 9.80. The first kappa shape index (κ1) is 13.1. The van der Waals surface area contributed by atoms with Crippen molar-refractivity contribution in [3.05, 3.63) is 34.9 Å². The highest BCUT2D eigenvalue weighted by molar-refractivity contribution is 5.69. The molecule has 1 aliphatic rings. The van der Waals surface area contributed by atoms with E-state index in [2.05, 4.69) is 18.2 Å². The van der Waals surface area contributed by atoms with Crippen molar-refractivity contribution in [2.75, 3.05) is 0 Å². The Morgan fingerprint density at radius 1 is 1.17 bits per heavy atom. The Bertz CT molecular complexity index is 446. The zero-order valence-electron chi connectivity index (χ0n) is 11.3. The molecule has 0 unspecified atom stereocenters. The number of carbonyl (C=O) groups is 1. The first-order valence-corrected chi connectivity index (χ1v) is 6.83. The molecular weight excluding hydrogens is 224 g/mol. The maximum atomic E-state index is 10.9. The smallest absolute Gasteiger partial charge is 0.304 e. The molecule has 0 saturated carbocycles. The lowest BCUT2D eigenvalue weighted by Crippen LogP contribution is -2.22. The van der Waals surface area contributed by atoms with Crippen LogP contribution in [0.5, 0.6) is 0 Å². The van der Waals surface area contributed by atoms with Gasteiger partial charge in [-0.2, -0.15) is 0 Å². The highest BCUT2D eigenvalue weighted by atomic mass is 16.4. The predicted molar refractivity (Wildman–Crippen MR) is 73.0 cm³/mol. The SMILES string of the molecule is CC(C)(CC(=O)O)c1ccc2c(c1)CCCCC2. The fraction of sp³-hybridized carbons (Fsp3) is 0.562. The van der Waals surface area contributed by atoms with E-state index in [1.807, 2.05) is 13.8 Å². The van der Waals surface area contributed by atoms with E-state index in [9.17, 15) is 4.79 Å². The highest BCUT2D eigenvalue weighted by Gasteiger charge is 2.25. The highest BCUT2D eigenvalue weighted by Crippen LogP contribution is 2.30. The Morgan fingerprint density at radius 2 is 1.83 bits per heavy atom. The predicted octanol–water partition coefficient (Wildman–Crippen LogP) is 3.71. The molecule has 0 aromatic heterocycles. The summed E-state index contributed by atoms with van der Waals surface area (Å²) in [5.74, 6) is -0.727. The molecule has 1 aromatic rings. The van der Waals surface area contributed by atoms with Crippen molar-refractivity contribution in [1.82, 2.24) is 0 Å². The molecule has 98 valence electrons. The van der Waals surface area contributed by atoms with Crippen molar-refractivity contribution in [1.29, 1.82) is 0 Å². The molecule has 0 bridgehead atoms. The Labute approximate surface area is 109 Å². The van der Waals surface area contributed by atoms with Gasteiger partial charge in [-0.05, 0) is 42.4 Å². The van der Waals surface area contributed by atoms with Crippen LogP contribution >= 0.6 is 0 Å². The summed E-state index contributed by atoms with van der Waals surface area (Å²) >= 11 is 0. The van der Waals surface area contributed by atoms with Crippen LogP contribution in [0, 0.1) is 0 Å². The number of carboxylic acids is 1. The van der Waals surface area contributed by atoms with Crippen LogP contribution in [0.1, 0.15) is 56.2 Å². The number of aryl methyl sites for hydroxylation is 2. The largest absolute Gasteiger partial charge is 0.481 e. The van der Waals surface area contributed by atoms with Gasteiger partial charge in [-0.15, -0.1) is 0 Å². The lowest BCUT2D eigenvalue weighted by Gasteiger charge is -2.24. The number of hydrogen-bond donors (Lipinski definition) is 1. The van der Waals surface area contributed by atoms with Gasteiger partial charge in [0.05, 0.1) is 6.42 Å². The zero-order chi connectivity index (χ0) is 13.2. The first-order chi connectivity index (χ1) is 8.49. The van der Waals surface area contributed by atoms with Gasteiger partial charge < -0.3 is 5.11 Å².